The summed E-state index contributed by atoms with van der Waals surface area (Å²) in [7, 11) is 0. The maximum Gasteiger partial charge on any atom is 0.101 e. The van der Waals surface area contributed by atoms with Crippen molar-refractivity contribution in [3.8, 4) is 6.07 Å². The largest absolute Gasteiger partial charge is 0.392 e. The SMILES string of the molecule is CC(C)(C)N1C[C@H](O)C[C@H]1C#N. The van der Waals surface area contributed by atoms with E-state index in [-0.39, 0.29) is 17.7 Å². The molecule has 1 fully saturated rings. The van der Waals surface area contributed by atoms with E-state index < -0.39 is 0 Å². The molecule has 2 atom stereocenters. The number of likely N-dealkylation sites (tertiary alicyclic amines) is 1. The van der Waals surface area contributed by atoms with Crippen LogP contribution in [0.4, 0.5) is 0 Å². The van der Waals surface area contributed by atoms with Gasteiger partial charge in [-0.3, -0.25) is 4.90 Å². The van der Waals surface area contributed by atoms with Gasteiger partial charge < -0.3 is 5.11 Å². The fraction of sp³-hybridized carbons (Fsp3) is 0.889. The average molecular weight is 168 g/mol. The molecule has 0 bridgehead atoms. The number of nitriles is 1. The van der Waals surface area contributed by atoms with Crippen molar-refractivity contribution in [2.24, 2.45) is 0 Å². The molecular formula is C9H16N2O. The van der Waals surface area contributed by atoms with Gasteiger partial charge in [-0.15, -0.1) is 0 Å². The molecule has 12 heavy (non-hydrogen) atoms. The maximum atomic E-state index is 9.37. The molecule has 1 rings (SSSR count). The first kappa shape index (κ1) is 9.50. The van der Waals surface area contributed by atoms with Gasteiger partial charge in [-0.25, -0.2) is 0 Å². The molecule has 0 saturated carbocycles. The van der Waals surface area contributed by atoms with Crippen molar-refractivity contribution in [3.05, 3.63) is 0 Å². The van der Waals surface area contributed by atoms with Crippen LogP contribution in [-0.2, 0) is 0 Å². The third kappa shape index (κ3) is 1.77. The zero-order valence-corrected chi connectivity index (χ0v) is 7.91. The minimum absolute atomic E-state index is 0.0160. The molecule has 3 heteroatoms. The van der Waals surface area contributed by atoms with Crippen LogP contribution in [0.2, 0.25) is 0 Å². The van der Waals surface area contributed by atoms with Crippen LogP contribution in [0, 0.1) is 11.3 Å². The van der Waals surface area contributed by atoms with Crippen molar-refractivity contribution < 1.29 is 5.11 Å². The Balaban J connectivity index is 2.72. The number of aliphatic hydroxyl groups is 1. The van der Waals surface area contributed by atoms with Crippen LogP contribution in [-0.4, -0.2) is 34.2 Å². The monoisotopic (exact) mass is 168 g/mol. The topological polar surface area (TPSA) is 47.3 Å². The molecule has 1 heterocycles. The predicted molar refractivity (Wildman–Crippen MR) is 46.5 cm³/mol. The molecule has 0 aliphatic carbocycles. The van der Waals surface area contributed by atoms with Crippen LogP contribution in [0.3, 0.4) is 0 Å². The molecule has 3 nitrogen and oxygen atoms in total. The molecule has 0 aromatic rings. The molecule has 68 valence electrons. The van der Waals surface area contributed by atoms with Gasteiger partial charge in [-0.1, -0.05) is 0 Å². The van der Waals surface area contributed by atoms with E-state index in [4.69, 9.17) is 5.26 Å². The number of aliphatic hydroxyl groups excluding tert-OH is 1. The first-order chi connectivity index (χ1) is 5.45. The Morgan fingerprint density at radius 3 is 2.42 bits per heavy atom. The molecular weight excluding hydrogens is 152 g/mol. The zero-order valence-electron chi connectivity index (χ0n) is 7.91. The van der Waals surface area contributed by atoms with Gasteiger partial charge in [0.05, 0.1) is 12.2 Å². The summed E-state index contributed by atoms with van der Waals surface area (Å²) < 4.78 is 0. The summed E-state index contributed by atoms with van der Waals surface area (Å²) >= 11 is 0. The number of rotatable bonds is 0. The third-order valence-electron chi connectivity index (χ3n) is 2.29. The Morgan fingerprint density at radius 2 is 2.08 bits per heavy atom. The Morgan fingerprint density at radius 1 is 1.50 bits per heavy atom. The second-order valence-electron chi connectivity index (χ2n) is 4.36. The third-order valence-corrected chi connectivity index (χ3v) is 2.29. The quantitative estimate of drug-likeness (QED) is 0.580. The summed E-state index contributed by atoms with van der Waals surface area (Å²) in [6.45, 7) is 6.82. The van der Waals surface area contributed by atoms with E-state index >= 15 is 0 Å². The summed E-state index contributed by atoms with van der Waals surface area (Å²) in [6.07, 6.45) is 0.266. The van der Waals surface area contributed by atoms with Crippen LogP contribution in [0.1, 0.15) is 27.2 Å². The molecule has 1 aliphatic rings. The fourth-order valence-corrected chi connectivity index (χ4v) is 1.68. The van der Waals surface area contributed by atoms with Crippen LogP contribution in [0.25, 0.3) is 0 Å². The smallest absolute Gasteiger partial charge is 0.101 e. The molecule has 0 amide bonds. The van der Waals surface area contributed by atoms with Crippen molar-refractivity contribution in [1.82, 2.24) is 4.90 Å². The van der Waals surface area contributed by atoms with Gasteiger partial charge in [-0.2, -0.15) is 5.26 Å². The highest BCUT2D eigenvalue weighted by Crippen LogP contribution is 2.25. The van der Waals surface area contributed by atoms with Crippen molar-refractivity contribution in [3.63, 3.8) is 0 Å². The molecule has 0 radical (unpaired) electrons. The van der Waals surface area contributed by atoms with Gasteiger partial charge in [0, 0.05) is 18.5 Å². The summed E-state index contributed by atoms with van der Waals surface area (Å²) in [5, 5.41) is 18.2. The van der Waals surface area contributed by atoms with Gasteiger partial charge in [0.2, 0.25) is 0 Å². The van der Waals surface area contributed by atoms with Crippen LogP contribution >= 0.6 is 0 Å². The lowest BCUT2D eigenvalue weighted by Crippen LogP contribution is -2.44. The highest BCUT2D eigenvalue weighted by atomic mass is 16.3. The van der Waals surface area contributed by atoms with E-state index in [1.54, 1.807) is 0 Å². The van der Waals surface area contributed by atoms with Gasteiger partial charge in [0.15, 0.2) is 0 Å². The molecule has 0 aromatic heterocycles. The number of hydrogen-bond acceptors (Lipinski definition) is 3. The van der Waals surface area contributed by atoms with Crippen molar-refractivity contribution in [1.29, 1.82) is 5.26 Å². The minimum Gasteiger partial charge on any atom is -0.392 e. The molecule has 1 N–H and O–H groups in total. The summed E-state index contributed by atoms with van der Waals surface area (Å²) in [5.74, 6) is 0. The molecule has 1 aliphatic heterocycles. The normalized spacial score (nSPS) is 31.9. The standard InChI is InChI=1S/C9H16N2O/c1-9(2,3)11-6-8(12)4-7(11)5-10/h7-8,12H,4,6H2,1-3H3/t7-,8+/m0/s1. The van der Waals surface area contributed by atoms with Crippen molar-refractivity contribution >= 4 is 0 Å². The van der Waals surface area contributed by atoms with Crippen LogP contribution in [0.5, 0.6) is 0 Å². The molecule has 0 spiro atoms. The Kier molecular flexibility index (Phi) is 2.41. The lowest BCUT2D eigenvalue weighted by atomic mass is 10.1. The minimum atomic E-state index is -0.325. The highest BCUT2D eigenvalue weighted by molar-refractivity contribution is 5.02. The van der Waals surface area contributed by atoms with Gasteiger partial charge in [-0.05, 0) is 20.8 Å². The van der Waals surface area contributed by atoms with E-state index in [9.17, 15) is 5.11 Å². The van der Waals surface area contributed by atoms with Crippen LogP contribution < -0.4 is 0 Å². The number of β-amino-alcohol motifs (C(OH)–C–C–N with tert-alkyl or cyclic N) is 1. The summed E-state index contributed by atoms with van der Waals surface area (Å²) in [4.78, 5) is 2.05. The predicted octanol–water partition coefficient (Wildman–Crippen LogP) is 0.744. The van der Waals surface area contributed by atoms with E-state index in [2.05, 4.69) is 31.7 Å². The van der Waals surface area contributed by atoms with E-state index in [0.29, 0.717) is 13.0 Å². The van der Waals surface area contributed by atoms with E-state index in [1.165, 1.54) is 0 Å². The van der Waals surface area contributed by atoms with Crippen molar-refractivity contribution in [2.75, 3.05) is 6.54 Å². The lowest BCUT2D eigenvalue weighted by molar-refractivity contribution is 0.118. The fourth-order valence-electron chi connectivity index (χ4n) is 1.68. The Bertz CT molecular complexity index is 202. The van der Waals surface area contributed by atoms with Gasteiger partial charge in [0.25, 0.3) is 0 Å². The molecule has 0 unspecified atom stereocenters. The van der Waals surface area contributed by atoms with E-state index in [1.807, 2.05) is 0 Å². The maximum absolute atomic E-state index is 9.37. The number of nitrogens with zero attached hydrogens (tertiary/aromatic N) is 2. The second-order valence-corrected chi connectivity index (χ2v) is 4.36. The zero-order chi connectivity index (χ0) is 9.35. The average Bonchev–Trinajstić information content (AvgIpc) is 2.29. The first-order valence-corrected chi connectivity index (χ1v) is 4.29. The summed E-state index contributed by atoms with van der Waals surface area (Å²) in [6, 6.07) is 2.11. The van der Waals surface area contributed by atoms with Crippen LogP contribution in [0.15, 0.2) is 0 Å². The van der Waals surface area contributed by atoms with Crippen molar-refractivity contribution in [2.45, 2.75) is 44.9 Å². The van der Waals surface area contributed by atoms with Gasteiger partial charge >= 0.3 is 0 Å². The highest BCUT2D eigenvalue weighted by Gasteiger charge is 2.37. The summed E-state index contributed by atoms with van der Waals surface area (Å²) in [5.41, 5.74) is -0.0160. The van der Waals surface area contributed by atoms with E-state index in [0.717, 1.165) is 0 Å². The molecule has 0 aromatic carbocycles. The number of hydrogen-bond donors (Lipinski definition) is 1. The Labute approximate surface area is 73.6 Å². The first-order valence-electron chi connectivity index (χ1n) is 4.29. The second kappa shape index (κ2) is 3.04. The van der Waals surface area contributed by atoms with Gasteiger partial charge in [0.1, 0.15) is 6.04 Å². The molecule has 1 saturated heterocycles. The lowest BCUT2D eigenvalue weighted by Gasteiger charge is -2.33. The Hall–Kier alpha value is -0.590.